The van der Waals surface area contributed by atoms with Gasteiger partial charge in [-0.3, -0.25) is 0 Å². The van der Waals surface area contributed by atoms with E-state index in [2.05, 4.69) is 10.3 Å². The second-order valence-electron chi connectivity index (χ2n) is 4.50. The van der Waals surface area contributed by atoms with Crippen molar-refractivity contribution in [2.75, 3.05) is 18.4 Å². The molecule has 0 radical (unpaired) electrons. The van der Waals surface area contributed by atoms with Gasteiger partial charge in [-0.15, -0.1) is 0 Å². The van der Waals surface area contributed by atoms with Crippen LogP contribution in [0.2, 0.25) is 0 Å². The van der Waals surface area contributed by atoms with Crippen LogP contribution in [0.4, 0.5) is 5.82 Å². The van der Waals surface area contributed by atoms with Crippen LogP contribution in [0.5, 0.6) is 0 Å². The molecule has 1 aromatic rings. The first-order chi connectivity index (χ1) is 9.45. The highest BCUT2D eigenvalue weighted by atomic mass is 32.2. The molecule has 6 nitrogen and oxygen atoms in total. The molecule has 7 heteroatoms. The van der Waals surface area contributed by atoms with E-state index in [1.807, 2.05) is 13.0 Å². The van der Waals surface area contributed by atoms with E-state index in [1.165, 1.54) is 10.4 Å². The molecule has 0 aliphatic heterocycles. The van der Waals surface area contributed by atoms with Crippen molar-refractivity contribution in [1.82, 2.24) is 9.29 Å². The van der Waals surface area contributed by atoms with Crippen molar-refractivity contribution in [3.8, 4) is 6.07 Å². The number of hydrogen-bond acceptors (Lipinski definition) is 5. The lowest BCUT2D eigenvalue weighted by Crippen LogP contribution is -2.38. The van der Waals surface area contributed by atoms with Crippen molar-refractivity contribution in [1.29, 1.82) is 5.26 Å². The quantitative estimate of drug-likeness (QED) is 0.829. The normalized spacial score (nSPS) is 11.6. The molecule has 0 aliphatic carbocycles. The van der Waals surface area contributed by atoms with Gasteiger partial charge in [0.2, 0.25) is 10.0 Å². The molecule has 1 N–H and O–H groups in total. The lowest BCUT2D eigenvalue weighted by molar-refractivity contribution is 0.360. The van der Waals surface area contributed by atoms with Crippen LogP contribution in [-0.4, -0.2) is 36.8 Å². The van der Waals surface area contributed by atoms with Gasteiger partial charge in [-0.2, -0.15) is 9.57 Å². The second kappa shape index (κ2) is 7.22. The smallest absolute Gasteiger partial charge is 0.247 e. The zero-order valence-corrected chi connectivity index (χ0v) is 12.8. The number of sulfonamides is 1. The number of pyridine rings is 1. The molecule has 0 spiro atoms. The summed E-state index contributed by atoms with van der Waals surface area (Å²) >= 11 is 0. The highest BCUT2D eigenvalue weighted by Crippen LogP contribution is 2.24. The molecule has 0 aromatic carbocycles. The number of nitrogens with zero attached hydrogens (tertiary/aromatic N) is 3. The Morgan fingerprint density at radius 1 is 1.50 bits per heavy atom. The molecule has 0 atom stereocenters. The fourth-order valence-corrected chi connectivity index (χ4v) is 3.60. The Labute approximate surface area is 120 Å². The van der Waals surface area contributed by atoms with Crippen molar-refractivity contribution in [3.05, 3.63) is 18.3 Å². The van der Waals surface area contributed by atoms with Crippen LogP contribution in [-0.2, 0) is 10.0 Å². The average Bonchev–Trinajstić information content (AvgIpc) is 2.39. The summed E-state index contributed by atoms with van der Waals surface area (Å²) in [5, 5.41) is 11.6. The number of aromatic nitrogens is 1. The summed E-state index contributed by atoms with van der Waals surface area (Å²) in [6.07, 6.45) is 1.71. The van der Waals surface area contributed by atoms with Gasteiger partial charge in [0.05, 0.1) is 6.07 Å². The number of hydrogen-bond donors (Lipinski definition) is 1. The van der Waals surface area contributed by atoms with Crippen LogP contribution in [0.15, 0.2) is 23.2 Å². The molecule has 1 heterocycles. The first kappa shape index (κ1) is 16.4. The van der Waals surface area contributed by atoms with Crippen molar-refractivity contribution in [2.45, 2.75) is 38.1 Å². The van der Waals surface area contributed by atoms with Gasteiger partial charge in [0.1, 0.15) is 10.7 Å². The number of nitrogens with one attached hydrogen (secondary N) is 1. The second-order valence-corrected chi connectivity index (χ2v) is 6.36. The lowest BCUT2D eigenvalue weighted by atomic mass is 10.3. The van der Waals surface area contributed by atoms with E-state index in [9.17, 15) is 8.42 Å². The number of rotatable bonds is 7. The molecule has 0 unspecified atom stereocenters. The van der Waals surface area contributed by atoms with Crippen LogP contribution in [0.25, 0.3) is 0 Å². The minimum atomic E-state index is -3.67. The molecule has 20 heavy (non-hydrogen) atoms. The molecule has 1 rings (SSSR count). The van der Waals surface area contributed by atoms with Crippen LogP contribution in [0.3, 0.4) is 0 Å². The third kappa shape index (κ3) is 3.68. The first-order valence-electron chi connectivity index (χ1n) is 6.52. The predicted molar refractivity (Wildman–Crippen MR) is 77.7 cm³/mol. The maximum atomic E-state index is 12.7. The fraction of sp³-hybridized carbons (Fsp3) is 0.538. The molecular weight excluding hydrogens is 276 g/mol. The van der Waals surface area contributed by atoms with E-state index in [0.717, 1.165) is 0 Å². The van der Waals surface area contributed by atoms with Crippen molar-refractivity contribution >= 4 is 15.8 Å². The molecular formula is C13H20N4O2S. The molecule has 0 bridgehead atoms. The molecule has 0 amide bonds. The Morgan fingerprint density at radius 3 is 2.75 bits per heavy atom. The standard InChI is InChI=1S/C13H20N4O2S/c1-4-15-13-12(7-5-9-16-13)20(18,19)17(11(2)3)10-6-8-14/h5,7,9,11H,4,6,10H2,1-3H3,(H,15,16). The highest BCUT2D eigenvalue weighted by molar-refractivity contribution is 7.89. The summed E-state index contributed by atoms with van der Waals surface area (Å²) in [5.41, 5.74) is 0. The Balaban J connectivity index is 3.23. The van der Waals surface area contributed by atoms with Crippen molar-refractivity contribution in [3.63, 3.8) is 0 Å². The maximum absolute atomic E-state index is 12.7. The third-order valence-corrected chi connectivity index (χ3v) is 4.83. The Bertz CT molecular complexity index is 578. The molecule has 0 saturated heterocycles. The first-order valence-corrected chi connectivity index (χ1v) is 7.96. The average molecular weight is 296 g/mol. The predicted octanol–water partition coefficient (Wildman–Crippen LogP) is 1.83. The van der Waals surface area contributed by atoms with Gasteiger partial charge in [-0.25, -0.2) is 13.4 Å². The summed E-state index contributed by atoms with van der Waals surface area (Å²) in [4.78, 5) is 4.22. The summed E-state index contributed by atoms with van der Waals surface area (Å²) < 4.78 is 26.8. The molecule has 110 valence electrons. The van der Waals surface area contributed by atoms with Gasteiger partial charge in [0.25, 0.3) is 0 Å². The van der Waals surface area contributed by atoms with E-state index in [1.54, 1.807) is 26.1 Å². The molecule has 0 saturated carbocycles. The molecule has 0 aliphatic rings. The largest absolute Gasteiger partial charge is 0.369 e. The van der Waals surface area contributed by atoms with Gasteiger partial charge in [-0.05, 0) is 32.9 Å². The van der Waals surface area contributed by atoms with E-state index < -0.39 is 10.0 Å². The van der Waals surface area contributed by atoms with Crippen molar-refractivity contribution in [2.24, 2.45) is 0 Å². The summed E-state index contributed by atoms with van der Waals surface area (Å²) in [6.45, 7) is 6.22. The summed E-state index contributed by atoms with van der Waals surface area (Å²) in [6, 6.07) is 4.88. The third-order valence-electron chi connectivity index (χ3n) is 2.72. The number of anilines is 1. The maximum Gasteiger partial charge on any atom is 0.247 e. The highest BCUT2D eigenvalue weighted by Gasteiger charge is 2.29. The van der Waals surface area contributed by atoms with E-state index in [0.29, 0.717) is 12.4 Å². The van der Waals surface area contributed by atoms with Crippen LogP contribution in [0.1, 0.15) is 27.2 Å². The minimum Gasteiger partial charge on any atom is -0.369 e. The monoisotopic (exact) mass is 296 g/mol. The van der Waals surface area contributed by atoms with Crippen LogP contribution in [0, 0.1) is 11.3 Å². The molecule has 1 aromatic heterocycles. The zero-order chi connectivity index (χ0) is 15.2. The Hall–Kier alpha value is -1.65. The SMILES string of the molecule is CCNc1ncccc1S(=O)(=O)N(CCC#N)C(C)C. The fourth-order valence-electron chi connectivity index (χ4n) is 1.84. The van der Waals surface area contributed by atoms with Gasteiger partial charge < -0.3 is 5.32 Å². The van der Waals surface area contributed by atoms with Gasteiger partial charge >= 0.3 is 0 Å². The topological polar surface area (TPSA) is 86.1 Å². The van der Waals surface area contributed by atoms with Gasteiger partial charge in [-0.1, -0.05) is 0 Å². The van der Waals surface area contributed by atoms with Gasteiger partial charge in [0, 0.05) is 31.7 Å². The lowest BCUT2D eigenvalue weighted by Gasteiger charge is -2.25. The Kier molecular flexibility index (Phi) is 5.92. The van der Waals surface area contributed by atoms with Crippen molar-refractivity contribution < 1.29 is 8.42 Å². The van der Waals surface area contributed by atoms with E-state index in [-0.39, 0.29) is 23.9 Å². The Morgan fingerprint density at radius 2 is 2.20 bits per heavy atom. The van der Waals surface area contributed by atoms with E-state index in [4.69, 9.17) is 5.26 Å². The van der Waals surface area contributed by atoms with Crippen LogP contribution >= 0.6 is 0 Å². The summed E-state index contributed by atoms with van der Waals surface area (Å²) in [5.74, 6) is 0.345. The summed E-state index contributed by atoms with van der Waals surface area (Å²) in [7, 11) is -3.67. The minimum absolute atomic E-state index is 0.147. The van der Waals surface area contributed by atoms with E-state index >= 15 is 0 Å². The number of nitriles is 1. The van der Waals surface area contributed by atoms with Gasteiger partial charge in [0.15, 0.2) is 0 Å². The molecule has 0 fully saturated rings. The van der Waals surface area contributed by atoms with Crippen LogP contribution < -0.4 is 5.32 Å². The zero-order valence-electron chi connectivity index (χ0n) is 12.0.